The second-order valence-electron chi connectivity index (χ2n) is 5.66. The Morgan fingerprint density at radius 2 is 1.91 bits per heavy atom. The summed E-state index contributed by atoms with van der Waals surface area (Å²) in [5, 5.41) is 0. The van der Waals surface area contributed by atoms with Crippen molar-refractivity contribution < 1.29 is 21.9 Å². The van der Waals surface area contributed by atoms with Crippen LogP contribution in [-0.2, 0) is 27.6 Å². The molecule has 1 unspecified atom stereocenters. The van der Waals surface area contributed by atoms with Crippen LogP contribution in [-0.4, -0.2) is 25.1 Å². The van der Waals surface area contributed by atoms with Gasteiger partial charge in [-0.25, -0.2) is 12.4 Å². The second kappa shape index (κ2) is 6.05. The third-order valence-corrected chi connectivity index (χ3v) is 5.81. The van der Waals surface area contributed by atoms with E-state index >= 15 is 0 Å². The Labute approximate surface area is 133 Å². The van der Waals surface area contributed by atoms with Crippen molar-refractivity contribution in [2.45, 2.75) is 43.8 Å². The van der Waals surface area contributed by atoms with Crippen LogP contribution in [0.3, 0.4) is 0 Å². The molecule has 0 radical (unpaired) electrons. The van der Waals surface area contributed by atoms with E-state index in [1.54, 1.807) is 30.3 Å². The number of nitrogens with zero attached hydrogens (tertiary/aromatic N) is 1. The molecule has 0 bridgehead atoms. The van der Waals surface area contributed by atoms with Crippen molar-refractivity contribution in [1.29, 1.82) is 0 Å². The molecule has 1 aliphatic carbocycles. The topological polar surface area (TPSA) is 48.3 Å². The summed E-state index contributed by atoms with van der Waals surface area (Å²) >= 11 is 0. The highest BCUT2D eigenvalue weighted by atomic mass is 32.2. The summed E-state index contributed by atoms with van der Waals surface area (Å²) in [6.07, 6.45) is 1.99. The molecule has 1 heterocycles. The Hall–Kier alpha value is -1.73. The number of benzene rings is 1. The predicted molar refractivity (Wildman–Crippen MR) is 81.1 cm³/mol. The number of halogens is 2. The van der Waals surface area contributed by atoms with E-state index < -0.39 is 22.7 Å². The summed E-state index contributed by atoms with van der Waals surface area (Å²) < 4.78 is 56.1. The maximum absolute atomic E-state index is 12.8. The number of ether oxygens (including phenoxy) is 1. The fraction of sp³-hybridized carbons (Fsp3) is 0.375. The van der Waals surface area contributed by atoms with E-state index in [1.807, 2.05) is 6.92 Å². The molecule has 4 nitrogen and oxygen atoms in total. The maximum atomic E-state index is 12.8. The van der Waals surface area contributed by atoms with Crippen LogP contribution >= 0.6 is 0 Å². The summed E-state index contributed by atoms with van der Waals surface area (Å²) in [7, 11) is -3.73. The summed E-state index contributed by atoms with van der Waals surface area (Å²) in [6, 6.07) is 8.29. The van der Waals surface area contributed by atoms with Gasteiger partial charge in [0.15, 0.2) is 0 Å². The van der Waals surface area contributed by atoms with Crippen LogP contribution in [0.1, 0.15) is 23.2 Å². The van der Waals surface area contributed by atoms with Crippen LogP contribution in [0, 0.1) is 6.92 Å². The molecule has 0 fully saturated rings. The highest BCUT2D eigenvalue weighted by Gasteiger charge is 2.28. The minimum absolute atomic E-state index is 0.164. The molecule has 0 aliphatic heterocycles. The molecule has 1 aromatic carbocycles. The number of alkyl halides is 2. The number of hydrogen-bond donors (Lipinski definition) is 0. The van der Waals surface area contributed by atoms with Gasteiger partial charge < -0.3 is 4.74 Å². The molecule has 1 aliphatic rings. The first-order chi connectivity index (χ1) is 10.9. The highest BCUT2D eigenvalue weighted by molar-refractivity contribution is 7.90. The Bertz CT molecular complexity index is 797. The summed E-state index contributed by atoms with van der Waals surface area (Å²) in [4.78, 5) is 0.179. The predicted octanol–water partition coefficient (Wildman–Crippen LogP) is 3.13. The van der Waals surface area contributed by atoms with Crippen molar-refractivity contribution in [1.82, 2.24) is 3.97 Å². The highest BCUT2D eigenvalue weighted by Crippen LogP contribution is 2.28. The Morgan fingerprint density at radius 3 is 2.57 bits per heavy atom. The lowest BCUT2D eigenvalue weighted by Crippen LogP contribution is -2.27. The molecule has 1 aromatic heterocycles. The second-order valence-corrected chi connectivity index (χ2v) is 7.48. The third kappa shape index (κ3) is 3.16. The van der Waals surface area contributed by atoms with Gasteiger partial charge in [0.25, 0.3) is 10.0 Å². The molecule has 0 amide bonds. The molecule has 2 aromatic rings. The molecule has 1 atom stereocenters. The lowest BCUT2D eigenvalue weighted by Gasteiger charge is -2.24. The number of rotatable bonds is 4. The molecule has 0 saturated carbocycles. The smallest absolute Gasteiger partial charge is 0.319 e. The number of fused-ring (bicyclic) bond motifs is 1. The van der Waals surface area contributed by atoms with E-state index in [2.05, 4.69) is 4.74 Å². The van der Waals surface area contributed by atoms with Crippen molar-refractivity contribution in [2.75, 3.05) is 0 Å². The first kappa shape index (κ1) is 16.1. The molecule has 7 heteroatoms. The molecule has 124 valence electrons. The first-order valence-corrected chi connectivity index (χ1v) is 8.77. The van der Waals surface area contributed by atoms with Gasteiger partial charge in [0, 0.05) is 18.3 Å². The normalized spacial score (nSPS) is 18.2. The zero-order chi connectivity index (χ0) is 16.6. The van der Waals surface area contributed by atoms with Crippen LogP contribution in [0.4, 0.5) is 8.78 Å². The van der Waals surface area contributed by atoms with Crippen molar-refractivity contribution >= 4 is 10.0 Å². The SMILES string of the molecule is Cc1ccc(S(=O)(=O)n2ccc3c2CC(OC(F)F)CC3)cc1. The van der Waals surface area contributed by atoms with Crippen molar-refractivity contribution in [3.05, 3.63) is 53.3 Å². The van der Waals surface area contributed by atoms with Crippen LogP contribution < -0.4 is 0 Å². The molecular formula is C16H17F2NO3S. The van der Waals surface area contributed by atoms with Crippen molar-refractivity contribution in [3.8, 4) is 0 Å². The van der Waals surface area contributed by atoms with Crippen LogP contribution in [0.15, 0.2) is 41.4 Å². The summed E-state index contributed by atoms with van der Waals surface area (Å²) in [5.74, 6) is 0. The van der Waals surface area contributed by atoms with Gasteiger partial charge in [-0.15, -0.1) is 0 Å². The average Bonchev–Trinajstić information content (AvgIpc) is 2.91. The molecule has 0 spiro atoms. The zero-order valence-electron chi connectivity index (χ0n) is 12.6. The van der Waals surface area contributed by atoms with Gasteiger partial charge in [0.2, 0.25) is 0 Å². The van der Waals surface area contributed by atoms with E-state index in [9.17, 15) is 17.2 Å². The number of hydrogen-bond acceptors (Lipinski definition) is 3. The van der Waals surface area contributed by atoms with Gasteiger partial charge in [-0.3, -0.25) is 0 Å². The number of aromatic nitrogens is 1. The van der Waals surface area contributed by atoms with Gasteiger partial charge in [-0.2, -0.15) is 8.78 Å². The molecule has 3 rings (SSSR count). The Kier molecular flexibility index (Phi) is 4.25. The van der Waals surface area contributed by atoms with E-state index in [-0.39, 0.29) is 11.3 Å². The molecule has 0 N–H and O–H groups in total. The van der Waals surface area contributed by atoms with E-state index in [4.69, 9.17) is 0 Å². The fourth-order valence-electron chi connectivity index (χ4n) is 2.88. The number of aryl methyl sites for hydroxylation is 2. The molecular weight excluding hydrogens is 324 g/mol. The largest absolute Gasteiger partial charge is 0.345 e. The zero-order valence-corrected chi connectivity index (χ0v) is 13.4. The van der Waals surface area contributed by atoms with Gasteiger partial charge in [0.1, 0.15) is 0 Å². The summed E-state index contributed by atoms with van der Waals surface area (Å²) in [5.41, 5.74) is 2.36. The Morgan fingerprint density at radius 1 is 1.22 bits per heavy atom. The lowest BCUT2D eigenvalue weighted by molar-refractivity contribution is -0.164. The van der Waals surface area contributed by atoms with E-state index in [0.717, 1.165) is 11.1 Å². The monoisotopic (exact) mass is 341 g/mol. The van der Waals surface area contributed by atoms with Crippen LogP contribution in [0.2, 0.25) is 0 Å². The third-order valence-electron chi connectivity index (χ3n) is 4.08. The van der Waals surface area contributed by atoms with Crippen LogP contribution in [0.25, 0.3) is 0 Å². The fourth-order valence-corrected chi connectivity index (χ4v) is 4.29. The standard InChI is InChI=1S/C16H17F2NO3S/c1-11-2-6-14(7-3-11)23(20,21)19-9-8-12-4-5-13(10-15(12)19)22-16(17)18/h2-3,6-9,13,16H,4-5,10H2,1H3. The lowest BCUT2D eigenvalue weighted by atomic mass is 9.96. The van der Waals surface area contributed by atoms with Gasteiger partial charge in [-0.1, -0.05) is 17.7 Å². The maximum Gasteiger partial charge on any atom is 0.345 e. The Balaban J connectivity index is 1.96. The minimum atomic E-state index is -3.73. The van der Waals surface area contributed by atoms with Gasteiger partial charge in [-0.05, 0) is 43.5 Å². The first-order valence-electron chi connectivity index (χ1n) is 7.33. The van der Waals surface area contributed by atoms with Gasteiger partial charge in [0.05, 0.1) is 11.0 Å². The quantitative estimate of drug-likeness (QED) is 0.858. The van der Waals surface area contributed by atoms with Crippen LogP contribution in [0.5, 0.6) is 0 Å². The molecule has 23 heavy (non-hydrogen) atoms. The van der Waals surface area contributed by atoms with Gasteiger partial charge >= 0.3 is 6.61 Å². The van der Waals surface area contributed by atoms with Crippen molar-refractivity contribution in [2.24, 2.45) is 0 Å². The summed E-state index contributed by atoms with van der Waals surface area (Å²) in [6.45, 7) is -0.973. The van der Waals surface area contributed by atoms with E-state index in [1.165, 1.54) is 10.2 Å². The minimum Gasteiger partial charge on any atom is -0.319 e. The molecule has 0 saturated heterocycles. The van der Waals surface area contributed by atoms with Crippen molar-refractivity contribution in [3.63, 3.8) is 0 Å². The van der Waals surface area contributed by atoms with E-state index in [0.29, 0.717) is 18.5 Å². The average molecular weight is 341 g/mol.